The second kappa shape index (κ2) is 8.94. The van der Waals surface area contributed by atoms with Crippen LogP contribution in [0.5, 0.6) is 0 Å². The van der Waals surface area contributed by atoms with Crippen molar-refractivity contribution < 1.29 is 8.42 Å². The van der Waals surface area contributed by atoms with Crippen LogP contribution in [0.1, 0.15) is 19.3 Å². The third-order valence-corrected chi connectivity index (χ3v) is 4.53. The molecule has 0 saturated heterocycles. The van der Waals surface area contributed by atoms with E-state index in [1.54, 1.807) is 0 Å². The van der Waals surface area contributed by atoms with Crippen LogP contribution in [0.3, 0.4) is 0 Å². The molecule has 1 rings (SSSR count). The zero-order chi connectivity index (χ0) is 14.8. The van der Waals surface area contributed by atoms with Crippen LogP contribution in [0.4, 0.5) is 5.69 Å². The van der Waals surface area contributed by atoms with Gasteiger partial charge in [0.2, 0.25) is 10.0 Å². The number of para-hydroxylation sites is 1. The van der Waals surface area contributed by atoms with Gasteiger partial charge in [-0.05, 0) is 37.9 Å². The lowest BCUT2D eigenvalue weighted by Gasteiger charge is -2.19. The Labute approximate surface area is 122 Å². The molecule has 0 atom stereocenters. The Kier molecular flexibility index (Phi) is 7.58. The second-order valence-corrected chi connectivity index (χ2v) is 6.75. The van der Waals surface area contributed by atoms with Crippen molar-refractivity contribution in [2.45, 2.75) is 19.3 Å². The van der Waals surface area contributed by atoms with Crippen molar-refractivity contribution in [1.82, 2.24) is 4.72 Å². The lowest BCUT2D eigenvalue weighted by Crippen LogP contribution is -2.30. The first kappa shape index (κ1) is 16.9. The van der Waals surface area contributed by atoms with E-state index in [0.717, 1.165) is 25.1 Å². The number of rotatable bonds is 10. The normalized spacial score (nSPS) is 11.5. The van der Waals surface area contributed by atoms with Gasteiger partial charge in [-0.1, -0.05) is 18.2 Å². The molecule has 1 aromatic rings. The summed E-state index contributed by atoms with van der Waals surface area (Å²) in [5.74, 6) is 0.165. The summed E-state index contributed by atoms with van der Waals surface area (Å²) in [6.45, 7) is 1.83. The number of benzene rings is 1. The van der Waals surface area contributed by atoms with Gasteiger partial charge in [-0.2, -0.15) is 0 Å². The Morgan fingerprint density at radius 3 is 2.50 bits per heavy atom. The predicted octanol–water partition coefficient (Wildman–Crippen LogP) is 1.17. The van der Waals surface area contributed by atoms with Crippen LogP contribution in [0.15, 0.2) is 30.3 Å². The Morgan fingerprint density at radius 1 is 1.15 bits per heavy atom. The van der Waals surface area contributed by atoms with Crippen molar-refractivity contribution in [1.29, 1.82) is 0 Å². The Hall–Kier alpha value is -1.11. The van der Waals surface area contributed by atoms with Crippen LogP contribution in [-0.2, 0) is 10.0 Å². The molecule has 0 bridgehead atoms. The molecule has 0 spiro atoms. The monoisotopic (exact) mass is 299 g/mol. The molecule has 0 fully saturated rings. The smallest absolute Gasteiger partial charge is 0.211 e. The van der Waals surface area contributed by atoms with Gasteiger partial charge in [-0.3, -0.25) is 0 Å². The van der Waals surface area contributed by atoms with Crippen LogP contribution < -0.4 is 15.4 Å². The first-order chi connectivity index (χ1) is 9.55. The van der Waals surface area contributed by atoms with E-state index in [1.807, 2.05) is 37.4 Å². The van der Waals surface area contributed by atoms with Gasteiger partial charge < -0.3 is 10.6 Å². The molecule has 1 aromatic carbocycles. The van der Waals surface area contributed by atoms with Crippen molar-refractivity contribution in [3.05, 3.63) is 30.3 Å². The van der Waals surface area contributed by atoms with Gasteiger partial charge >= 0.3 is 0 Å². The Balaban J connectivity index is 2.21. The van der Waals surface area contributed by atoms with Gasteiger partial charge in [0.25, 0.3) is 0 Å². The van der Waals surface area contributed by atoms with Crippen LogP contribution in [-0.4, -0.2) is 40.9 Å². The van der Waals surface area contributed by atoms with E-state index in [0.29, 0.717) is 19.5 Å². The van der Waals surface area contributed by atoms with Crippen molar-refractivity contribution in [2.75, 3.05) is 37.3 Å². The van der Waals surface area contributed by atoms with Crippen LogP contribution in [0.25, 0.3) is 0 Å². The number of hydrogen-bond acceptors (Lipinski definition) is 4. The minimum atomic E-state index is -3.14. The summed E-state index contributed by atoms with van der Waals surface area (Å²) in [6.07, 6.45) is 2.15. The van der Waals surface area contributed by atoms with E-state index in [-0.39, 0.29) is 5.75 Å². The molecular weight excluding hydrogens is 274 g/mol. The lowest BCUT2D eigenvalue weighted by molar-refractivity contribution is 0.575. The quantitative estimate of drug-likeness (QED) is 0.636. The maximum Gasteiger partial charge on any atom is 0.211 e. The van der Waals surface area contributed by atoms with Gasteiger partial charge in [0.15, 0.2) is 0 Å². The molecular formula is C14H25N3O2S. The zero-order valence-electron chi connectivity index (χ0n) is 12.1. The number of nitrogens with two attached hydrogens (primary N) is 1. The van der Waals surface area contributed by atoms with Crippen molar-refractivity contribution >= 4 is 15.7 Å². The van der Waals surface area contributed by atoms with Gasteiger partial charge in [-0.15, -0.1) is 0 Å². The van der Waals surface area contributed by atoms with E-state index in [9.17, 15) is 8.42 Å². The molecule has 0 aliphatic rings. The SMILES string of the molecule is CN(CCCNS(=O)(=O)CCCCN)c1ccccc1. The molecule has 5 nitrogen and oxygen atoms in total. The number of unbranched alkanes of at least 4 members (excludes halogenated alkanes) is 1. The molecule has 0 aliphatic carbocycles. The second-order valence-electron chi connectivity index (χ2n) is 4.82. The molecule has 0 radical (unpaired) electrons. The van der Waals surface area contributed by atoms with Gasteiger partial charge in [0.05, 0.1) is 5.75 Å². The van der Waals surface area contributed by atoms with Gasteiger partial charge in [0, 0.05) is 25.8 Å². The average molecular weight is 299 g/mol. The highest BCUT2D eigenvalue weighted by atomic mass is 32.2. The molecule has 0 saturated carbocycles. The summed E-state index contributed by atoms with van der Waals surface area (Å²) >= 11 is 0. The zero-order valence-corrected chi connectivity index (χ0v) is 12.9. The fourth-order valence-corrected chi connectivity index (χ4v) is 3.05. The molecule has 0 unspecified atom stereocenters. The summed E-state index contributed by atoms with van der Waals surface area (Å²) in [4.78, 5) is 2.11. The first-order valence-corrected chi connectivity index (χ1v) is 8.64. The molecule has 0 heterocycles. The standard InChI is InChI=1S/C14H25N3O2S/c1-17(14-8-3-2-4-9-14)12-7-11-16-20(18,19)13-6-5-10-15/h2-4,8-9,16H,5-7,10-13,15H2,1H3. The highest BCUT2D eigenvalue weighted by molar-refractivity contribution is 7.89. The third-order valence-electron chi connectivity index (χ3n) is 3.06. The van der Waals surface area contributed by atoms with Crippen molar-refractivity contribution in [2.24, 2.45) is 5.73 Å². The number of nitrogens with one attached hydrogen (secondary N) is 1. The van der Waals surface area contributed by atoms with Gasteiger partial charge in [-0.25, -0.2) is 13.1 Å². The minimum Gasteiger partial charge on any atom is -0.375 e. The fraction of sp³-hybridized carbons (Fsp3) is 0.571. The van der Waals surface area contributed by atoms with E-state index < -0.39 is 10.0 Å². The molecule has 3 N–H and O–H groups in total. The number of hydrogen-bond donors (Lipinski definition) is 2. The largest absolute Gasteiger partial charge is 0.375 e. The molecule has 6 heteroatoms. The lowest BCUT2D eigenvalue weighted by atomic mass is 10.3. The Morgan fingerprint density at radius 2 is 1.85 bits per heavy atom. The number of anilines is 1. The fourth-order valence-electron chi connectivity index (χ4n) is 1.86. The highest BCUT2D eigenvalue weighted by Crippen LogP contribution is 2.10. The maximum absolute atomic E-state index is 11.7. The summed E-state index contributed by atoms with van der Waals surface area (Å²) in [7, 11) is -1.14. The summed E-state index contributed by atoms with van der Waals surface area (Å²) in [5.41, 5.74) is 6.48. The van der Waals surface area contributed by atoms with E-state index >= 15 is 0 Å². The number of sulfonamides is 1. The van der Waals surface area contributed by atoms with Crippen LogP contribution in [0, 0.1) is 0 Å². The highest BCUT2D eigenvalue weighted by Gasteiger charge is 2.08. The number of nitrogens with zero attached hydrogens (tertiary/aromatic N) is 1. The Bertz CT molecular complexity index is 463. The average Bonchev–Trinajstić information content (AvgIpc) is 2.44. The molecule has 0 aromatic heterocycles. The van der Waals surface area contributed by atoms with Gasteiger partial charge in [0.1, 0.15) is 0 Å². The van der Waals surface area contributed by atoms with Crippen molar-refractivity contribution in [3.8, 4) is 0 Å². The topological polar surface area (TPSA) is 75.4 Å². The minimum absolute atomic E-state index is 0.165. The summed E-state index contributed by atoms with van der Waals surface area (Å²) in [6, 6.07) is 10.0. The van der Waals surface area contributed by atoms with E-state index in [4.69, 9.17) is 5.73 Å². The molecule has 114 valence electrons. The third kappa shape index (κ3) is 6.88. The van der Waals surface area contributed by atoms with Crippen LogP contribution in [0.2, 0.25) is 0 Å². The van der Waals surface area contributed by atoms with E-state index in [2.05, 4.69) is 9.62 Å². The van der Waals surface area contributed by atoms with Crippen molar-refractivity contribution in [3.63, 3.8) is 0 Å². The maximum atomic E-state index is 11.7. The predicted molar refractivity (Wildman–Crippen MR) is 84.4 cm³/mol. The molecule has 0 aliphatic heterocycles. The summed E-state index contributed by atoms with van der Waals surface area (Å²) < 4.78 is 25.9. The summed E-state index contributed by atoms with van der Waals surface area (Å²) in [5, 5.41) is 0. The van der Waals surface area contributed by atoms with E-state index in [1.165, 1.54) is 0 Å². The van der Waals surface area contributed by atoms with Crippen LogP contribution >= 0.6 is 0 Å². The molecule has 0 amide bonds. The first-order valence-electron chi connectivity index (χ1n) is 6.99. The molecule has 20 heavy (non-hydrogen) atoms.